The molecule has 0 aromatic heterocycles. The minimum Gasteiger partial charge on any atom is -0.305 e. The van der Waals surface area contributed by atoms with Crippen LogP contribution in [0.15, 0.2) is 42.5 Å². The Kier molecular flexibility index (Phi) is 5.04. The molecule has 27 heavy (non-hydrogen) atoms. The van der Waals surface area contributed by atoms with Crippen LogP contribution < -0.4 is 0 Å². The van der Waals surface area contributed by atoms with Crippen molar-refractivity contribution < 1.29 is 9.59 Å². The van der Waals surface area contributed by atoms with Crippen LogP contribution in [0.2, 0.25) is 0 Å². The van der Waals surface area contributed by atoms with Gasteiger partial charge in [-0.15, -0.1) is 0 Å². The molecule has 1 unspecified atom stereocenters. The first-order valence-electron chi connectivity index (χ1n) is 10.1. The molecule has 1 spiro atoms. The van der Waals surface area contributed by atoms with Crippen molar-refractivity contribution in [2.45, 2.75) is 44.2 Å². The van der Waals surface area contributed by atoms with E-state index in [9.17, 15) is 9.59 Å². The number of allylic oxidation sites excluding steroid dienone is 2. The third-order valence-corrected chi connectivity index (χ3v) is 6.50. The summed E-state index contributed by atoms with van der Waals surface area (Å²) in [6.45, 7) is 3.39. The number of carbonyl (C=O) groups excluding carboxylic acids is 2. The molecule has 0 radical (unpaired) electrons. The molecule has 1 aromatic carbocycles. The second kappa shape index (κ2) is 7.47. The SMILES string of the molecule is CN1C(=O)N(Cc2ccccc2)C2(CCN(CC3CC=CCC3)CC2)C1=O. The van der Waals surface area contributed by atoms with E-state index in [2.05, 4.69) is 17.1 Å². The topological polar surface area (TPSA) is 43.9 Å². The molecule has 5 heteroatoms. The van der Waals surface area contributed by atoms with Gasteiger partial charge in [-0.25, -0.2) is 4.79 Å². The highest BCUT2D eigenvalue weighted by Crippen LogP contribution is 2.38. The molecule has 1 aliphatic carbocycles. The maximum Gasteiger partial charge on any atom is 0.327 e. The highest BCUT2D eigenvalue weighted by Gasteiger charge is 2.56. The van der Waals surface area contributed by atoms with Crippen LogP contribution in [-0.2, 0) is 11.3 Å². The van der Waals surface area contributed by atoms with E-state index < -0.39 is 5.54 Å². The van der Waals surface area contributed by atoms with E-state index in [0.29, 0.717) is 6.54 Å². The molecule has 1 atom stereocenters. The minimum absolute atomic E-state index is 0.0244. The van der Waals surface area contributed by atoms with Crippen molar-refractivity contribution in [3.63, 3.8) is 0 Å². The molecular weight excluding hydrogens is 338 g/mol. The average Bonchev–Trinajstić information content (AvgIpc) is 2.88. The smallest absolute Gasteiger partial charge is 0.305 e. The molecule has 0 bridgehead atoms. The summed E-state index contributed by atoms with van der Waals surface area (Å²) in [5.74, 6) is 0.705. The fourth-order valence-electron chi connectivity index (χ4n) is 4.84. The number of hydrogen-bond acceptors (Lipinski definition) is 3. The third-order valence-electron chi connectivity index (χ3n) is 6.50. The van der Waals surface area contributed by atoms with Crippen molar-refractivity contribution in [1.29, 1.82) is 0 Å². The maximum absolute atomic E-state index is 13.0. The summed E-state index contributed by atoms with van der Waals surface area (Å²) in [5.41, 5.74) is 0.412. The number of amides is 3. The van der Waals surface area contributed by atoms with Crippen LogP contribution in [0.1, 0.15) is 37.7 Å². The van der Waals surface area contributed by atoms with Gasteiger partial charge in [0.25, 0.3) is 5.91 Å². The van der Waals surface area contributed by atoms with E-state index in [1.807, 2.05) is 35.2 Å². The van der Waals surface area contributed by atoms with Crippen LogP contribution in [0.4, 0.5) is 4.79 Å². The predicted octanol–water partition coefficient (Wildman–Crippen LogP) is 3.27. The largest absolute Gasteiger partial charge is 0.327 e. The summed E-state index contributed by atoms with van der Waals surface area (Å²) in [6.07, 6.45) is 9.66. The van der Waals surface area contributed by atoms with Crippen LogP contribution in [0, 0.1) is 5.92 Å². The zero-order valence-electron chi connectivity index (χ0n) is 16.1. The number of benzene rings is 1. The fraction of sp³-hybridized carbons (Fsp3) is 0.545. The molecular formula is C22H29N3O2. The van der Waals surface area contributed by atoms with E-state index in [1.165, 1.54) is 24.2 Å². The van der Waals surface area contributed by atoms with Gasteiger partial charge >= 0.3 is 6.03 Å². The Morgan fingerprint density at radius 1 is 1.07 bits per heavy atom. The molecule has 144 valence electrons. The van der Waals surface area contributed by atoms with Crippen LogP contribution in [0.3, 0.4) is 0 Å². The first kappa shape index (κ1) is 18.2. The highest BCUT2D eigenvalue weighted by atomic mass is 16.2. The van der Waals surface area contributed by atoms with Gasteiger partial charge < -0.3 is 9.80 Å². The van der Waals surface area contributed by atoms with E-state index in [4.69, 9.17) is 0 Å². The lowest BCUT2D eigenvalue weighted by Gasteiger charge is -2.43. The number of rotatable bonds is 4. The molecule has 5 nitrogen and oxygen atoms in total. The first-order valence-corrected chi connectivity index (χ1v) is 10.1. The van der Waals surface area contributed by atoms with Gasteiger partial charge in [-0.05, 0) is 43.6 Å². The molecule has 0 saturated carbocycles. The summed E-state index contributed by atoms with van der Waals surface area (Å²) >= 11 is 0. The van der Waals surface area contributed by atoms with Crippen molar-refractivity contribution >= 4 is 11.9 Å². The molecule has 2 heterocycles. The zero-order chi connectivity index (χ0) is 18.9. The number of likely N-dealkylation sites (tertiary alicyclic amines) is 1. The van der Waals surface area contributed by atoms with Crippen molar-refractivity contribution in [1.82, 2.24) is 14.7 Å². The van der Waals surface area contributed by atoms with Gasteiger partial charge in [0.05, 0.1) is 0 Å². The van der Waals surface area contributed by atoms with Crippen LogP contribution in [0.25, 0.3) is 0 Å². The summed E-state index contributed by atoms with van der Waals surface area (Å²) in [7, 11) is 1.62. The Bertz CT molecular complexity index is 722. The highest BCUT2D eigenvalue weighted by molar-refractivity contribution is 6.06. The molecule has 4 rings (SSSR count). The summed E-state index contributed by atoms with van der Waals surface area (Å²) in [6, 6.07) is 9.83. The van der Waals surface area contributed by atoms with Gasteiger partial charge in [0.1, 0.15) is 5.54 Å². The quantitative estimate of drug-likeness (QED) is 0.606. The van der Waals surface area contributed by atoms with Crippen molar-refractivity contribution in [2.24, 2.45) is 5.92 Å². The second-order valence-corrected chi connectivity index (χ2v) is 8.20. The van der Waals surface area contributed by atoms with E-state index >= 15 is 0 Å². The molecule has 1 aromatic rings. The second-order valence-electron chi connectivity index (χ2n) is 8.20. The molecule has 0 N–H and O–H groups in total. The van der Waals surface area contributed by atoms with E-state index in [0.717, 1.165) is 44.0 Å². The number of carbonyl (C=O) groups is 2. The van der Waals surface area contributed by atoms with Crippen molar-refractivity contribution in [3.8, 4) is 0 Å². The molecule has 2 fully saturated rings. The minimum atomic E-state index is -0.662. The molecule has 3 aliphatic rings. The number of nitrogens with zero attached hydrogens (tertiary/aromatic N) is 3. The van der Waals surface area contributed by atoms with Gasteiger partial charge in [0.15, 0.2) is 0 Å². The molecule has 2 aliphatic heterocycles. The number of piperidine rings is 1. The lowest BCUT2D eigenvalue weighted by molar-refractivity contribution is -0.135. The normalized spacial score (nSPS) is 25.6. The Labute approximate surface area is 161 Å². The van der Waals surface area contributed by atoms with Gasteiger partial charge in [0, 0.05) is 33.2 Å². The zero-order valence-corrected chi connectivity index (χ0v) is 16.1. The summed E-state index contributed by atoms with van der Waals surface area (Å²) in [4.78, 5) is 31.5. The standard InChI is InChI=1S/C22H29N3O2/c1-23-20(26)22(25(21(23)27)17-19-10-6-3-7-11-19)12-14-24(15-13-22)16-18-8-4-2-5-9-18/h2-4,6-7,10-11,18H,5,8-9,12-17H2,1H3. The van der Waals surface area contributed by atoms with Crippen LogP contribution in [0.5, 0.6) is 0 Å². The van der Waals surface area contributed by atoms with Crippen LogP contribution >= 0.6 is 0 Å². The summed E-state index contributed by atoms with van der Waals surface area (Å²) < 4.78 is 0. The fourth-order valence-corrected chi connectivity index (χ4v) is 4.84. The Balaban J connectivity index is 1.47. The number of urea groups is 1. The third kappa shape index (κ3) is 3.41. The number of hydrogen-bond donors (Lipinski definition) is 0. The number of likely N-dealkylation sites (N-methyl/N-ethyl adjacent to an activating group) is 1. The van der Waals surface area contributed by atoms with E-state index in [-0.39, 0.29) is 11.9 Å². The average molecular weight is 367 g/mol. The lowest BCUT2D eigenvalue weighted by Crippen LogP contribution is -2.56. The number of imide groups is 1. The maximum atomic E-state index is 13.0. The van der Waals surface area contributed by atoms with Gasteiger partial charge in [-0.1, -0.05) is 42.5 Å². The van der Waals surface area contributed by atoms with Crippen LogP contribution in [-0.4, -0.2) is 58.9 Å². The Morgan fingerprint density at radius 3 is 2.48 bits per heavy atom. The van der Waals surface area contributed by atoms with E-state index in [1.54, 1.807) is 7.05 Å². The summed E-state index contributed by atoms with van der Waals surface area (Å²) in [5, 5.41) is 0. The molecule has 2 saturated heterocycles. The van der Waals surface area contributed by atoms with Crippen molar-refractivity contribution in [2.75, 3.05) is 26.7 Å². The van der Waals surface area contributed by atoms with Crippen molar-refractivity contribution in [3.05, 3.63) is 48.0 Å². The Hall–Kier alpha value is -2.14. The Morgan fingerprint density at radius 2 is 1.81 bits per heavy atom. The van der Waals surface area contributed by atoms with Gasteiger partial charge in [-0.2, -0.15) is 0 Å². The van der Waals surface area contributed by atoms with Gasteiger partial charge in [0.2, 0.25) is 0 Å². The molecule has 3 amide bonds. The lowest BCUT2D eigenvalue weighted by atomic mass is 9.84. The monoisotopic (exact) mass is 367 g/mol. The van der Waals surface area contributed by atoms with Gasteiger partial charge in [-0.3, -0.25) is 9.69 Å². The predicted molar refractivity (Wildman–Crippen MR) is 105 cm³/mol. The first-order chi connectivity index (χ1) is 13.1.